The first-order chi connectivity index (χ1) is 11.3. The minimum Gasteiger partial charge on any atom is -0.483 e. The highest BCUT2D eigenvalue weighted by Gasteiger charge is 2.46. The molecule has 0 radical (unpaired) electrons. The van der Waals surface area contributed by atoms with Crippen LogP contribution in [0.1, 0.15) is 42.6 Å². The van der Waals surface area contributed by atoms with Gasteiger partial charge in [0.05, 0.1) is 12.0 Å². The van der Waals surface area contributed by atoms with E-state index in [1.807, 2.05) is 0 Å². The third-order valence-corrected chi connectivity index (χ3v) is 4.32. The second kappa shape index (κ2) is 5.87. The van der Waals surface area contributed by atoms with E-state index in [4.69, 9.17) is 15.2 Å². The van der Waals surface area contributed by atoms with Crippen LogP contribution >= 0.6 is 0 Å². The maximum atomic E-state index is 12.4. The summed E-state index contributed by atoms with van der Waals surface area (Å²) in [6, 6.07) is 6.87. The van der Waals surface area contributed by atoms with Crippen LogP contribution in [0.3, 0.4) is 0 Å². The second-order valence-corrected chi connectivity index (χ2v) is 6.44. The Hall–Kier alpha value is -2.47. The molecule has 6 heteroatoms. The molecule has 0 fully saturated rings. The average Bonchev–Trinajstić information content (AvgIpc) is 2.54. The second-order valence-electron chi connectivity index (χ2n) is 6.44. The molecule has 1 aromatic carbocycles. The van der Waals surface area contributed by atoms with Gasteiger partial charge in [-0.3, -0.25) is 14.4 Å². The largest absolute Gasteiger partial charge is 0.483 e. The summed E-state index contributed by atoms with van der Waals surface area (Å²) < 4.78 is 11.4. The zero-order valence-corrected chi connectivity index (χ0v) is 13.6. The van der Waals surface area contributed by atoms with E-state index in [1.165, 1.54) is 0 Å². The van der Waals surface area contributed by atoms with E-state index in [-0.39, 0.29) is 25.0 Å². The van der Waals surface area contributed by atoms with Gasteiger partial charge in [0.15, 0.2) is 0 Å². The summed E-state index contributed by atoms with van der Waals surface area (Å²) in [5.74, 6) is -1.19. The summed E-state index contributed by atoms with van der Waals surface area (Å²) in [6.07, 6.45) is -0.413. The normalized spacial score (nSPS) is 21.7. The fraction of sp³-hybridized carbons (Fsp3) is 0.389. The van der Waals surface area contributed by atoms with E-state index in [9.17, 15) is 14.4 Å². The van der Waals surface area contributed by atoms with E-state index in [1.54, 1.807) is 38.1 Å². The Kier molecular flexibility index (Phi) is 4.01. The van der Waals surface area contributed by atoms with Crippen molar-refractivity contribution in [2.75, 3.05) is 6.54 Å². The van der Waals surface area contributed by atoms with Gasteiger partial charge in [0, 0.05) is 24.1 Å². The van der Waals surface area contributed by atoms with E-state index in [2.05, 4.69) is 0 Å². The Balaban J connectivity index is 2.00. The molecule has 0 saturated heterocycles. The number of ether oxygens (including phenoxy) is 2. The van der Waals surface area contributed by atoms with Gasteiger partial charge in [-0.05, 0) is 13.8 Å². The molecular weight excluding hydrogens is 310 g/mol. The lowest BCUT2D eigenvalue weighted by molar-refractivity contribution is -0.163. The fourth-order valence-corrected chi connectivity index (χ4v) is 2.99. The van der Waals surface area contributed by atoms with Crippen LogP contribution in [0.4, 0.5) is 0 Å². The van der Waals surface area contributed by atoms with E-state index in [0.29, 0.717) is 16.9 Å². The third-order valence-electron chi connectivity index (χ3n) is 4.32. The van der Waals surface area contributed by atoms with Crippen molar-refractivity contribution in [3.05, 3.63) is 41.0 Å². The van der Waals surface area contributed by atoms with Crippen LogP contribution in [-0.2, 0) is 19.1 Å². The lowest BCUT2D eigenvalue weighted by atomic mass is 9.81. The number of nitrogens with two attached hydrogens (primary N) is 1. The van der Waals surface area contributed by atoms with Gasteiger partial charge in [-0.1, -0.05) is 24.3 Å². The van der Waals surface area contributed by atoms with Gasteiger partial charge in [0.25, 0.3) is 0 Å². The molecule has 24 heavy (non-hydrogen) atoms. The quantitative estimate of drug-likeness (QED) is 0.669. The Morgan fingerprint density at radius 2 is 1.92 bits per heavy atom. The van der Waals surface area contributed by atoms with Crippen molar-refractivity contribution in [3.8, 4) is 0 Å². The lowest BCUT2D eigenvalue weighted by Crippen LogP contribution is -2.47. The molecule has 0 spiro atoms. The lowest BCUT2D eigenvalue weighted by Gasteiger charge is -2.41. The van der Waals surface area contributed by atoms with Crippen LogP contribution in [0.25, 0.3) is 5.76 Å². The molecule has 126 valence electrons. The van der Waals surface area contributed by atoms with Gasteiger partial charge in [-0.25, -0.2) is 0 Å². The van der Waals surface area contributed by atoms with Crippen molar-refractivity contribution in [1.29, 1.82) is 0 Å². The number of fused-ring (bicyclic) bond motifs is 2. The maximum absolute atomic E-state index is 12.4. The van der Waals surface area contributed by atoms with Gasteiger partial charge < -0.3 is 15.2 Å². The van der Waals surface area contributed by atoms with Crippen LogP contribution in [0, 0.1) is 0 Å². The average molecular weight is 329 g/mol. The summed E-state index contributed by atoms with van der Waals surface area (Å²) >= 11 is 0. The highest BCUT2D eigenvalue weighted by atomic mass is 16.6. The fourth-order valence-electron chi connectivity index (χ4n) is 2.99. The number of rotatable bonds is 3. The number of hydrogen-bond donors (Lipinski definition) is 1. The zero-order valence-electron chi connectivity index (χ0n) is 13.6. The summed E-state index contributed by atoms with van der Waals surface area (Å²) in [5.41, 5.74) is 5.76. The minimum atomic E-state index is -0.823. The van der Waals surface area contributed by atoms with Crippen molar-refractivity contribution < 1.29 is 23.9 Å². The summed E-state index contributed by atoms with van der Waals surface area (Å²) in [5, 5.41) is 0. The van der Waals surface area contributed by atoms with Crippen molar-refractivity contribution in [2.24, 2.45) is 5.73 Å². The minimum absolute atomic E-state index is 0.0915. The number of carbonyl (C=O) groups excluding carboxylic acids is 3. The van der Waals surface area contributed by atoms with Crippen LogP contribution in [0.2, 0.25) is 0 Å². The molecule has 1 aliphatic heterocycles. The van der Waals surface area contributed by atoms with Crippen LogP contribution in [-0.4, -0.2) is 35.8 Å². The van der Waals surface area contributed by atoms with E-state index >= 15 is 0 Å². The number of ketones is 2. The molecular formula is C18H19NO5. The van der Waals surface area contributed by atoms with Crippen molar-refractivity contribution in [3.63, 3.8) is 0 Å². The number of hydrogen-bond acceptors (Lipinski definition) is 6. The Morgan fingerprint density at radius 1 is 1.25 bits per heavy atom. The van der Waals surface area contributed by atoms with Crippen LogP contribution < -0.4 is 5.73 Å². The molecule has 0 amide bonds. The van der Waals surface area contributed by atoms with Gasteiger partial charge in [0.2, 0.25) is 11.6 Å². The Bertz CT molecular complexity index is 762. The molecule has 3 rings (SSSR count). The first kappa shape index (κ1) is 16.4. The SMILES string of the molecule is CC1(C)OC2=C(CC1OC(=O)CCN)C(=O)C(=O)c1ccccc12. The molecule has 6 nitrogen and oxygen atoms in total. The number of Topliss-reactive ketones (excluding diaryl/α,β-unsaturated/α-hetero) is 2. The van der Waals surface area contributed by atoms with Crippen molar-refractivity contribution >= 4 is 23.3 Å². The highest BCUT2D eigenvalue weighted by molar-refractivity contribution is 6.52. The molecule has 2 aliphatic rings. The third kappa shape index (κ3) is 2.63. The van der Waals surface area contributed by atoms with Crippen molar-refractivity contribution in [2.45, 2.75) is 38.4 Å². The molecule has 1 unspecified atom stereocenters. The molecule has 0 aromatic heterocycles. The topological polar surface area (TPSA) is 95.7 Å². The number of benzene rings is 1. The summed E-state index contributed by atoms with van der Waals surface area (Å²) in [7, 11) is 0. The molecule has 0 saturated carbocycles. The van der Waals surface area contributed by atoms with Crippen molar-refractivity contribution in [1.82, 2.24) is 0 Å². The smallest absolute Gasteiger partial charge is 0.307 e. The van der Waals surface area contributed by atoms with Gasteiger partial charge >= 0.3 is 5.97 Å². The number of carbonyl (C=O) groups is 3. The van der Waals surface area contributed by atoms with E-state index < -0.39 is 29.2 Å². The monoisotopic (exact) mass is 329 g/mol. The van der Waals surface area contributed by atoms with Gasteiger partial charge in [-0.2, -0.15) is 0 Å². The highest BCUT2D eigenvalue weighted by Crippen LogP contribution is 2.42. The molecule has 1 aromatic rings. The maximum Gasteiger partial charge on any atom is 0.307 e. The zero-order chi connectivity index (χ0) is 17.5. The predicted molar refractivity (Wildman–Crippen MR) is 86.0 cm³/mol. The number of esters is 1. The first-order valence-corrected chi connectivity index (χ1v) is 7.85. The van der Waals surface area contributed by atoms with Crippen LogP contribution in [0.15, 0.2) is 29.8 Å². The predicted octanol–water partition coefficient (Wildman–Crippen LogP) is 1.62. The molecule has 1 aliphatic carbocycles. The molecule has 0 bridgehead atoms. The molecule has 1 atom stereocenters. The van der Waals surface area contributed by atoms with Crippen LogP contribution in [0.5, 0.6) is 0 Å². The standard InChI is InChI=1S/C18H19NO5/c1-18(2)13(23-14(20)7-8-19)9-12-16(22)15(21)10-5-3-4-6-11(10)17(12)24-18/h3-6,13H,7-9,19H2,1-2H3. The summed E-state index contributed by atoms with van der Waals surface area (Å²) in [6.45, 7) is 3.77. The Labute approximate surface area is 139 Å². The van der Waals surface area contributed by atoms with E-state index in [0.717, 1.165) is 0 Å². The summed E-state index contributed by atoms with van der Waals surface area (Å²) in [4.78, 5) is 36.5. The van der Waals surface area contributed by atoms with Gasteiger partial charge in [-0.15, -0.1) is 0 Å². The van der Waals surface area contributed by atoms with Gasteiger partial charge in [0.1, 0.15) is 17.5 Å². The molecule has 1 heterocycles. The molecule has 2 N–H and O–H groups in total. The first-order valence-electron chi connectivity index (χ1n) is 7.85. The Morgan fingerprint density at radius 3 is 2.58 bits per heavy atom.